The van der Waals surface area contributed by atoms with Gasteiger partial charge in [0.2, 0.25) is 0 Å². The molecule has 3 atom stereocenters. The fourth-order valence-corrected chi connectivity index (χ4v) is 6.13. The Hall–Kier alpha value is -3.83. The minimum absolute atomic E-state index is 0.0298. The van der Waals surface area contributed by atoms with E-state index in [0.717, 1.165) is 27.6 Å². The Kier molecular flexibility index (Phi) is 14.2. The zero-order chi connectivity index (χ0) is 35.2. The van der Waals surface area contributed by atoms with Crippen LogP contribution < -0.4 is 0 Å². The standard InChI is InChI=1S/C41H51NO8/c1-41(2,3)49-40(43)50-42-25-37(30-47-21-20-44-4)39(38(26-42)48-29-33-16-17-34-12-8-9-13-36(34)24-33)35-18-14-32(15-19-35)28-46-23-22-45-27-31-10-6-5-7-11-31/h5-19,24,37-39H,20-23,25-30H2,1-4H3. The van der Waals surface area contributed by atoms with Crippen LogP contribution in [-0.2, 0) is 53.1 Å². The van der Waals surface area contributed by atoms with E-state index in [1.165, 1.54) is 5.39 Å². The number of nitrogens with zero attached hydrogens (tertiary/aromatic N) is 1. The fraction of sp³-hybridized carbons (Fsp3) is 0.439. The summed E-state index contributed by atoms with van der Waals surface area (Å²) in [6, 6.07) is 33.3. The molecule has 1 aliphatic rings. The number of carbonyl (C=O) groups excluding carboxylic acids is 1. The van der Waals surface area contributed by atoms with Gasteiger partial charge in [0.05, 0.1) is 65.5 Å². The van der Waals surface area contributed by atoms with Crippen molar-refractivity contribution < 1.29 is 38.1 Å². The monoisotopic (exact) mass is 685 g/mol. The van der Waals surface area contributed by atoms with Crippen molar-refractivity contribution in [2.24, 2.45) is 5.92 Å². The normalized spacial score (nSPS) is 18.3. The summed E-state index contributed by atoms with van der Waals surface area (Å²) in [5.74, 6) is -0.0775. The summed E-state index contributed by atoms with van der Waals surface area (Å²) >= 11 is 0. The lowest BCUT2D eigenvalue weighted by atomic mass is 9.79. The Bertz CT molecular complexity index is 1590. The zero-order valence-corrected chi connectivity index (χ0v) is 29.8. The summed E-state index contributed by atoms with van der Waals surface area (Å²) in [5.41, 5.74) is 3.74. The first-order valence-corrected chi connectivity index (χ1v) is 17.4. The quantitative estimate of drug-likeness (QED) is 0.0820. The molecule has 0 N–H and O–H groups in total. The van der Waals surface area contributed by atoms with Crippen molar-refractivity contribution >= 4 is 16.9 Å². The average molecular weight is 686 g/mol. The van der Waals surface area contributed by atoms with Gasteiger partial charge in [0.1, 0.15) is 5.60 Å². The molecule has 4 aromatic rings. The Morgan fingerprint density at radius 3 is 2.04 bits per heavy atom. The number of ether oxygens (including phenoxy) is 6. The number of rotatable bonds is 17. The van der Waals surface area contributed by atoms with Crippen molar-refractivity contribution in [3.05, 3.63) is 119 Å². The van der Waals surface area contributed by atoms with Gasteiger partial charge in [-0.15, -0.1) is 5.06 Å². The van der Waals surface area contributed by atoms with Crippen LogP contribution in [0.25, 0.3) is 10.8 Å². The van der Waals surface area contributed by atoms with Crippen LogP contribution in [0.4, 0.5) is 4.79 Å². The van der Waals surface area contributed by atoms with Crippen LogP contribution in [0.3, 0.4) is 0 Å². The molecule has 1 aliphatic heterocycles. The topological polar surface area (TPSA) is 84.9 Å². The Labute approximate surface area is 296 Å². The highest BCUT2D eigenvalue weighted by molar-refractivity contribution is 5.82. The molecule has 0 aromatic heterocycles. The minimum Gasteiger partial charge on any atom is -0.427 e. The highest BCUT2D eigenvalue weighted by atomic mass is 16.8. The summed E-state index contributed by atoms with van der Waals surface area (Å²) in [4.78, 5) is 18.5. The second kappa shape index (κ2) is 19.0. The van der Waals surface area contributed by atoms with Gasteiger partial charge < -0.3 is 33.3 Å². The molecular formula is C41H51NO8. The van der Waals surface area contributed by atoms with Gasteiger partial charge in [-0.3, -0.25) is 0 Å². The third-order valence-electron chi connectivity index (χ3n) is 8.48. The third kappa shape index (κ3) is 11.9. The van der Waals surface area contributed by atoms with Gasteiger partial charge in [0, 0.05) is 25.5 Å². The molecule has 0 spiro atoms. The predicted octanol–water partition coefficient (Wildman–Crippen LogP) is 7.70. The van der Waals surface area contributed by atoms with Gasteiger partial charge >= 0.3 is 6.16 Å². The Morgan fingerprint density at radius 1 is 0.700 bits per heavy atom. The maximum atomic E-state index is 12.7. The maximum Gasteiger partial charge on any atom is 0.528 e. The molecule has 0 aliphatic carbocycles. The predicted molar refractivity (Wildman–Crippen MR) is 193 cm³/mol. The van der Waals surface area contributed by atoms with Crippen LogP contribution in [0, 0.1) is 5.92 Å². The van der Waals surface area contributed by atoms with Gasteiger partial charge in [-0.25, -0.2) is 4.79 Å². The molecule has 0 bridgehead atoms. The fourth-order valence-electron chi connectivity index (χ4n) is 6.13. The molecule has 0 saturated carbocycles. The second-order valence-corrected chi connectivity index (χ2v) is 13.6. The maximum absolute atomic E-state index is 12.7. The molecular weight excluding hydrogens is 634 g/mol. The summed E-state index contributed by atoms with van der Waals surface area (Å²) in [5, 5.41) is 4.00. The summed E-state index contributed by atoms with van der Waals surface area (Å²) in [6.07, 6.45) is -1.05. The van der Waals surface area contributed by atoms with Crippen molar-refractivity contribution in [1.82, 2.24) is 5.06 Å². The van der Waals surface area contributed by atoms with E-state index in [0.29, 0.717) is 65.9 Å². The molecule has 9 heteroatoms. The number of carbonyl (C=O) groups is 1. The van der Waals surface area contributed by atoms with Gasteiger partial charge in [0.25, 0.3) is 0 Å². The van der Waals surface area contributed by atoms with E-state index in [-0.39, 0.29) is 17.9 Å². The van der Waals surface area contributed by atoms with Crippen LogP contribution in [-0.4, -0.2) is 76.2 Å². The first-order chi connectivity index (χ1) is 24.3. The van der Waals surface area contributed by atoms with E-state index in [1.807, 2.05) is 51.1 Å². The van der Waals surface area contributed by atoms with Crippen LogP contribution in [0.2, 0.25) is 0 Å². The van der Waals surface area contributed by atoms with Crippen molar-refractivity contribution in [2.75, 3.05) is 53.2 Å². The van der Waals surface area contributed by atoms with E-state index in [2.05, 4.69) is 66.7 Å². The first-order valence-electron chi connectivity index (χ1n) is 17.4. The van der Waals surface area contributed by atoms with Crippen molar-refractivity contribution in [3.63, 3.8) is 0 Å². The average Bonchev–Trinajstić information content (AvgIpc) is 3.10. The summed E-state index contributed by atoms with van der Waals surface area (Å²) in [7, 11) is 1.66. The Balaban J connectivity index is 1.28. The molecule has 1 saturated heterocycles. The number of hydrogen-bond donors (Lipinski definition) is 0. The van der Waals surface area contributed by atoms with Crippen LogP contribution >= 0.6 is 0 Å². The SMILES string of the molecule is COCCOCC1CN(OC(=O)OC(C)(C)C)CC(OCc2ccc3ccccc3c2)C1c1ccc(COCCOCc2ccccc2)cc1. The van der Waals surface area contributed by atoms with E-state index >= 15 is 0 Å². The van der Waals surface area contributed by atoms with Gasteiger partial charge in [-0.05, 0) is 59.9 Å². The largest absolute Gasteiger partial charge is 0.528 e. The molecule has 0 radical (unpaired) electrons. The van der Waals surface area contributed by atoms with Crippen molar-refractivity contribution in [2.45, 2.75) is 58.2 Å². The second-order valence-electron chi connectivity index (χ2n) is 13.6. The lowest BCUT2D eigenvalue weighted by Gasteiger charge is -2.42. The molecule has 1 fully saturated rings. The van der Waals surface area contributed by atoms with Crippen LogP contribution in [0.1, 0.15) is 48.9 Å². The molecule has 50 heavy (non-hydrogen) atoms. The summed E-state index contributed by atoms with van der Waals surface area (Å²) < 4.78 is 35.2. The highest BCUT2D eigenvalue weighted by Gasteiger charge is 2.41. The summed E-state index contributed by atoms with van der Waals surface area (Å²) in [6.45, 7) is 10.2. The number of fused-ring (bicyclic) bond motifs is 1. The molecule has 5 rings (SSSR count). The van der Waals surface area contributed by atoms with Gasteiger partial charge in [-0.2, -0.15) is 0 Å². The molecule has 268 valence electrons. The lowest BCUT2D eigenvalue weighted by molar-refractivity contribution is -0.196. The number of benzene rings is 4. The molecule has 3 unspecified atom stereocenters. The smallest absolute Gasteiger partial charge is 0.427 e. The minimum atomic E-state index is -0.738. The van der Waals surface area contributed by atoms with E-state index in [1.54, 1.807) is 12.2 Å². The third-order valence-corrected chi connectivity index (χ3v) is 8.48. The van der Waals surface area contributed by atoms with E-state index < -0.39 is 11.8 Å². The van der Waals surface area contributed by atoms with Gasteiger partial charge in [-0.1, -0.05) is 91.0 Å². The zero-order valence-electron chi connectivity index (χ0n) is 29.8. The van der Waals surface area contributed by atoms with Crippen LogP contribution in [0.5, 0.6) is 0 Å². The molecule has 9 nitrogen and oxygen atoms in total. The highest BCUT2D eigenvalue weighted by Crippen LogP contribution is 2.37. The Morgan fingerprint density at radius 2 is 1.34 bits per heavy atom. The number of piperidine rings is 1. The van der Waals surface area contributed by atoms with Gasteiger partial charge in [0.15, 0.2) is 0 Å². The lowest BCUT2D eigenvalue weighted by Crippen LogP contribution is -2.51. The number of methoxy groups -OCH3 is 1. The van der Waals surface area contributed by atoms with E-state index in [9.17, 15) is 4.79 Å². The molecule has 1 heterocycles. The molecule has 4 aromatic carbocycles. The first kappa shape index (κ1) is 37.4. The van der Waals surface area contributed by atoms with Crippen LogP contribution in [0.15, 0.2) is 97.1 Å². The molecule has 0 amide bonds. The van der Waals surface area contributed by atoms with Crippen molar-refractivity contribution in [3.8, 4) is 0 Å². The number of hydrogen-bond acceptors (Lipinski definition) is 9. The van der Waals surface area contributed by atoms with Crippen molar-refractivity contribution in [1.29, 1.82) is 0 Å². The number of hydroxylamine groups is 2. The van der Waals surface area contributed by atoms with E-state index in [4.69, 9.17) is 33.3 Å².